The molecule has 4 rings (SSSR count). The SMILES string of the molecule is CCN(CC)c1ccc(N=C2C(c3ccccc3Br)=Nn3c2nc(C)c(C)c3=O)c(C)c1. The van der Waals surface area contributed by atoms with Gasteiger partial charge in [-0.2, -0.15) is 9.78 Å². The first-order chi connectivity index (χ1) is 15.3. The van der Waals surface area contributed by atoms with Gasteiger partial charge in [0.2, 0.25) is 0 Å². The second kappa shape index (κ2) is 8.82. The topological polar surface area (TPSA) is 62.9 Å². The highest BCUT2D eigenvalue weighted by atomic mass is 79.9. The maximum atomic E-state index is 12.9. The Labute approximate surface area is 196 Å². The second-order valence-electron chi connectivity index (χ2n) is 7.79. The van der Waals surface area contributed by atoms with E-state index in [1.165, 1.54) is 10.4 Å². The Balaban J connectivity index is 1.92. The van der Waals surface area contributed by atoms with E-state index in [0.29, 0.717) is 28.5 Å². The number of anilines is 1. The molecule has 2 aromatic carbocycles. The van der Waals surface area contributed by atoms with Crippen molar-refractivity contribution in [3.8, 4) is 0 Å². The number of nitrogens with zero attached hydrogens (tertiary/aromatic N) is 5. The van der Waals surface area contributed by atoms with Gasteiger partial charge < -0.3 is 4.90 Å². The van der Waals surface area contributed by atoms with E-state index in [9.17, 15) is 4.79 Å². The van der Waals surface area contributed by atoms with Crippen LogP contribution in [0.25, 0.3) is 0 Å². The lowest BCUT2D eigenvalue weighted by molar-refractivity contribution is 0.779. The molecular formula is C25H26BrN5O. The van der Waals surface area contributed by atoms with Crippen LogP contribution in [0.15, 0.2) is 61.8 Å². The van der Waals surface area contributed by atoms with Crippen molar-refractivity contribution in [3.63, 3.8) is 0 Å². The summed E-state index contributed by atoms with van der Waals surface area (Å²) in [6, 6.07) is 14.1. The number of aliphatic imine (C=N–C) groups is 1. The lowest BCUT2D eigenvalue weighted by atomic mass is 10.1. The number of aryl methyl sites for hydroxylation is 2. The molecule has 0 spiro atoms. The van der Waals surface area contributed by atoms with Gasteiger partial charge in [0.05, 0.1) is 5.69 Å². The first-order valence-corrected chi connectivity index (χ1v) is 11.5. The van der Waals surface area contributed by atoms with Crippen molar-refractivity contribution in [2.24, 2.45) is 10.1 Å². The molecule has 0 saturated heterocycles. The number of benzene rings is 2. The summed E-state index contributed by atoms with van der Waals surface area (Å²) in [7, 11) is 0. The van der Waals surface area contributed by atoms with Crippen LogP contribution in [0.2, 0.25) is 0 Å². The maximum Gasteiger partial charge on any atom is 0.277 e. The molecule has 0 amide bonds. The van der Waals surface area contributed by atoms with Crippen molar-refractivity contribution < 1.29 is 0 Å². The van der Waals surface area contributed by atoms with Gasteiger partial charge in [-0.25, -0.2) is 9.98 Å². The Morgan fingerprint density at radius 3 is 2.44 bits per heavy atom. The van der Waals surface area contributed by atoms with Crippen LogP contribution in [0, 0.1) is 20.8 Å². The van der Waals surface area contributed by atoms with Crippen molar-refractivity contribution in [3.05, 3.63) is 85.5 Å². The van der Waals surface area contributed by atoms with E-state index in [1.54, 1.807) is 6.92 Å². The summed E-state index contributed by atoms with van der Waals surface area (Å²) in [6.07, 6.45) is 0. The van der Waals surface area contributed by atoms with Gasteiger partial charge in [-0.05, 0) is 64.4 Å². The molecule has 164 valence electrons. The third kappa shape index (κ3) is 3.81. The standard InChI is InChI=1S/C25H26BrN5O/c1-6-30(7-2)18-12-13-21(15(3)14-18)28-23-22(19-10-8-9-11-20(19)26)29-31-24(23)27-17(5)16(4)25(31)32/h8-14H,6-7H2,1-5H3. The molecule has 0 aliphatic carbocycles. The van der Waals surface area contributed by atoms with Crippen LogP contribution in [0.5, 0.6) is 0 Å². The van der Waals surface area contributed by atoms with Gasteiger partial charge in [0, 0.05) is 40.1 Å². The summed E-state index contributed by atoms with van der Waals surface area (Å²) in [6.45, 7) is 11.9. The van der Waals surface area contributed by atoms with Crippen molar-refractivity contribution in [1.29, 1.82) is 0 Å². The summed E-state index contributed by atoms with van der Waals surface area (Å²) in [5, 5.41) is 4.65. The monoisotopic (exact) mass is 491 g/mol. The van der Waals surface area contributed by atoms with E-state index in [-0.39, 0.29) is 5.56 Å². The molecule has 3 aromatic rings. The number of halogens is 1. The van der Waals surface area contributed by atoms with Gasteiger partial charge in [-0.15, -0.1) is 0 Å². The molecule has 0 bridgehead atoms. The molecule has 32 heavy (non-hydrogen) atoms. The van der Waals surface area contributed by atoms with Crippen LogP contribution >= 0.6 is 15.9 Å². The highest BCUT2D eigenvalue weighted by molar-refractivity contribution is 9.10. The van der Waals surface area contributed by atoms with Gasteiger partial charge in [-0.1, -0.05) is 34.1 Å². The van der Waals surface area contributed by atoms with Crippen molar-refractivity contribution >= 4 is 38.7 Å². The predicted octanol–water partition coefficient (Wildman–Crippen LogP) is 5.16. The van der Waals surface area contributed by atoms with Crippen molar-refractivity contribution in [2.75, 3.05) is 18.0 Å². The molecule has 0 unspecified atom stereocenters. The summed E-state index contributed by atoms with van der Waals surface area (Å²) in [5.74, 6) is 0.469. The molecule has 7 heteroatoms. The Hall–Kier alpha value is -3.06. The molecular weight excluding hydrogens is 466 g/mol. The van der Waals surface area contributed by atoms with Crippen LogP contribution < -0.4 is 10.5 Å². The molecule has 0 fully saturated rings. The highest BCUT2D eigenvalue weighted by Gasteiger charge is 2.29. The fourth-order valence-electron chi connectivity index (χ4n) is 3.81. The minimum absolute atomic E-state index is 0.171. The summed E-state index contributed by atoms with van der Waals surface area (Å²) < 4.78 is 2.25. The summed E-state index contributed by atoms with van der Waals surface area (Å²) in [5.41, 5.74) is 6.24. The molecule has 2 heterocycles. The van der Waals surface area contributed by atoms with Crippen LogP contribution in [-0.4, -0.2) is 34.2 Å². The zero-order chi connectivity index (χ0) is 23.0. The number of rotatable bonds is 5. The quantitative estimate of drug-likeness (QED) is 0.494. The van der Waals surface area contributed by atoms with E-state index in [1.807, 2.05) is 37.3 Å². The molecule has 0 atom stereocenters. The molecule has 0 N–H and O–H groups in total. The van der Waals surface area contributed by atoms with E-state index < -0.39 is 0 Å². The van der Waals surface area contributed by atoms with Gasteiger partial charge in [0.15, 0.2) is 5.82 Å². The maximum absolute atomic E-state index is 12.9. The van der Waals surface area contributed by atoms with Gasteiger partial charge >= 0.3 is 0 Å². The van der Waals surface area contributed by atoms with Crippen LogP contribution in [0.3, 0.4) is 0 Å². The minimum atomic E-state index is -0.171. The second-order valence-corrected chi connectivity index (χ2v) is 8.65. The minimum Gasteiger partial charge on any atom is -0.372 e. The van der Waals surface area contributed by atoms with E-state index in [0.717, 1.165) is 34.4 Å². The Bertz CT molecular complexity index is 1320. The van der Waals surface area contributed by atoms with Crippen LogP contribution in [-0.2, 0) is 0 Å². The first kappa shape index (κ1) is 22.1. The number of hydrogen-bond donors (Lipinski definition) is 0. The fraction of sp³-hybridized carbons (Fsp3) is 0.280. The number of hydrogen-bond acceptors (Lipinski definition) is 5. The third-order valence-corrected chi connectivity index (χ3v) is 6.53. The highest BCUT2D eigenvalue weighted by Crippen LogP contribution is 2.28. The zero-order valence-corrected chi connectivity index (χ0v) is 20.6. The zero-order valence-electron chi connectivity index (χ0n) is 19.0. The van der Waals surface area contributed by atoms with Gasteiger partial charge in [0.1, 0.15) is 11.4 Å². The third-order valence-electron chi connectivity index (χ3n) is 5.84. The van der Waals surface area contributed by atoms with Crippen molar-refractivity contribution in [2.45, 2.75) is 34.6 Å². The lowest BCUT2D eigenvalue weighted by Crippen LogP contribution is -2.24. The molecule has 1 aliphatic rings. The van der Waals surface area contributed by atoms with Crippen molar-refractivity contribution in [1.82, 2.24) is 9.66 Å². The van der Waals surface area contributed by atoms with Crippen LogP contribution in [0.4, 0.5) is 11.4 Å². The van der Waals surface area contributed by atoms with E-state index in [2.05, 4.69) is 58.8 Å². The molecule has 1 aliphatic heterocycles. The average molecular weight is 492 g/mol. The molecule has 0 saturated carbocycles. The summed E-state index contributed by atoms with van der Waals surface area (Å²) >= 11 is 3.62. The average Bonchev–Trinajstić information content (AvgIpc) is 3.13. The Morgan fingerprint density at radius 1 is 1.06 bits per heavy atom. The molecule has 1 aromatic heterocycles. The number of aromatic nitrogens is 2. The summed E-state index contributed by atoms with van der Waals surface area (Å²) in [4.78, 5) is 24.9. The Kier molecular flexibility index (Phi) is 6.11. The number of fused-ring (bicyclic) bond motifs is 1. The molecule has 0 radical (unpaired) electrons. The fourth-order valence-corrected chi connectivity index (χ4v) is 4.28. The first-order valence-electron chi connectivity index (χ1n) is 10.7. The largest absolute Gasteiger partial charge is 0.372 e. The van der Waals surface area contributed by atoms with Gasteiger partial charge in [-0.3, -0.25) is 4.79 Å². The van der Waals surface area contributed by atoms with E-state index >= 15 is 0 Å². The predicted molar refractivity (Wildman–Crippen MR) is 135 cm³/mol. The Morgan fingerprint density at radius 2 is 1.78 bits per heavy atom. The van der Waals surface area contributed by atoms with E-state index in [4.69, 9.17) is 9.98 Å². The smallest absolute Gasteiger partial charge is 0.277 e. The lowest BCUT2D eigenvalue weighted by Gasteiger charge is -2.21. The molecule has 6 nitrogen and oxygen atoms in total. The van der Waals surface area contributed by atoms with Crippen LogP contribution in [0.1, 0.15) is 42.1 Å². The van der Waals surface area contributed by atoms with Gasteiger partial charge in [0.25, 0.3) is 5.56 Å². The normalized spacial score (nSPS) is 13.9.